The van der Waals surface area contributed by atoms with Gasteiger partial charge in [-0.25, -0.2) is 0 Å². The molecule has 0 aliphatic carbocycles. The summed E-state index contributed by atoms with van der Waals surface area (Å²) in [5.41, 5.74) is 11.7. The average Bonchev–Trinajstić information content (AvgIpc) is 4.21. The minimum atomic E-state index is -2.63. The molecule has 2 aliphatic heterocycles. The van der Waals surface area contributed by atoms with Gasteiger partial charge in [0.25, 0.3) is 0 Å². The van der Waals surface area contributed by atoms with Crippen molar-refractivity contribution < 1.29 is 0 Å². The molecular formula is C62H41NS2Si2-2. The third kappa shape index (κ3) is 5.51. The highest BCUT2D eigenvalue weighted by Gasteiger charge is 2.38. The van der Waals surface area contributed by atoms with Gasteiger partial charge in [-0.05, 0) is 51.5 Å². The molecule has 0 amide bonds. The second-order valence-electron chi connectivity index (χ2n) is 17.9. The third-order valence-electron chi connectivity index (χ3n) is 14.6. The summed E-state index contributed by atoms with van der Waals surface area (Å²) in [5.74, 6) is 0. The minimum Gasteiger partial charge on any atom is -0.307 e. The molecule has 0 atom stereocenters. The molecule has 9 aromatic carbocycles. The summed E-state index contributed by atoms with van der Waals surface area (Å²) in [7, 11) is -5.26. The molecule has 2 aliphatic rings. The van der Waals surface area contributed by atoms with Crippen LogP contribution in [0.15, 0.2) is 249 Å². The zero-order valence-corrected chi connectivity index (χ0v) is 40.1. The van der Waals surface area contributed by atoms with Crippen molar-refractivity contribution in [1.82, 2.24) is 4.57 Å². The van der Waals surface area contributed by atoms with Gasteiger partial charge in [-0.1, -0.05) is 247 Å². The summed E-state index contributed by atoms with van der Waals surface area (Å²) >= 11 is 3.89. The lowest BCUT2D eigenvalue weighted by Crippen LogP contribution is -2.72. The lowest BCUT2D eigenvalue weighted by Gasteiger charge is -2.44. The highest BCUT2D eigenvalue weighted by Crippen LogP contribution is 2.47. The summed E-state index contributed by atoms with van der Waals surface area (Å²) in [6.07, 6.45) is 0. The summed E-state index contributed by atoms with van der Waals surface area (Å²) in [6, 6.07) is 94.3. The van der Waals surface area contributed by atoms with Gasteiger partial charge in [0.1, 0.15) is 0 Å². The first-order valence-electron chi connectivity index (χ1n) is 23.1. The number of para-hydroxylation sites is 1. The first-order valence-corrected chi connectivity index (χ1v) is 28.7. The average molecular weight is 920 g/mol. The van der Waals surface area contributed by atoms with Crippen LogP contribution in [0.4, 0.5) is 0 Å². The van der Waals surface area contributed by atoms with E-state index in [-0.39, 0.29) is 0 Å². The van der Waals surface area contributed by atoms with Crippen LogP contribution in [0, 0.1) is 0 Å². The molecule has 0 spiro atoms. The summed E-state index contributed by atoms with van der Waals surface area (Å²) < 4.78 is 5.20. The van der Waals surface area contributed by atoms with E-state index in [0.29, 0.717) is 0 Å². The lowest BCUT2D eigenvalue weighted by atomic mass is 10.0. The van der Waals surface area contributed by atoms with Crippen LogP contribution in [0.3, 0.4) is 0 Å². The van der Waals surface area contributed by atoms with E-state index in [1.807, 2.05) is 22.7 Å². The number of nitrogens with zero attached hydrogens (tertiary/aromatic N) is 1. The van der Waals surface area contributed by atoms with Gasteiger partial charge in [-0.3, -0.25) is 0 Å². The summed E-state index contributed by atoms with van der Waals surface area (Å²) in [4.78, 5) is 2.59. The van der Waals surface area contributed by atoms with E-state index < -0.39 is 16.1 Å². The molecule has 1 nitrogen and oxygen atoms in total. The Morgan fingerprint density at radius 1 is 0.284 bits per heavy atom. The van der Waals surface area contributed by atoms with E-state index >= 15 is 0 Å². The minimum absolute atomic E-state index is 1.18. The molecule has 0 unspecified atom stereocenters. The topological polar surface area (TPSA) is 4.93 Å². The van der Waals surface area contributed by atoms with Crippen molar-refractivity contribution in [3.8, 4) is 48.8 Å². The Kier molecular flexibility index (Phi) is 8.74. The van der Waals surface area contributed by atoms with Crippen LogP contribution in [0.1, 0.15) is 0 Å². The van der Waals surface area contributed by atoms with Gasteiger partial charge in [0.2, 0.25) is 0 Å². The van der Waals surface area contributed by atoms with Gasteiger partial charge in [0, 0.05) is 15.4 Å². The predicted octanol–water partition coefficient (Wildman–Crippen LogP) is 11.0. The highest BCUT2D eigenvalue weighted by molar-refractivity contribution is 7.30. The molecule has 0 bridgehead atoms. The zero-order valence-electron chi connectivity index (χ0n) is 36.4. The van der Waals surface area contributed by atoms with Gasteiger partial charge in [-0.15, -0.1) is 22.7 Å². The smallest absolute Gasteiger partial charge is 0.0711 e. The summed E-state index contributed by atoms with van der Waals surface area (Å²) in [6.45, 7) is 0. The normalized spacial score (nSPS) is 13.9. The molecule has 67 heavy (non-hydrogen) atoms. The Labute approximate surface area is 400 Å². The largest absolute Gasteiger partial charge is 0.307 e. The Hall–Kier alpha value is -7.39. The molecule has 14 rings (SSSR count). The number of rotatable bonds is 7. The van der Waals surface area contributed by atoms with E-state index in [0.717, 1.165) is 0 Å². The van der Waals surface area contributed by atoms with Gasteiger partial charge >= 0.3 is 0 Å². The van der Waals surface area contributed by atoms with E-state index in [4.69, 9.17) is 0 Å². The van der Waals surface area contributed by atoms with Crippen LogP contribution in [-0.2, 0) is 0 Å². The van der Waals surface area contributed by atoms with Crippen LogP contribution >= 0.6 is 22.7 Å². The quantitative estimate of drug-likeness (QED) is 0.140. The molecule has 5 heterocycles. The molecule has 0 saturated carbocycles. The maximum absolute atomic E-state index is 2.63. The zero-order chi connectivity index (χ0) is 44.1. The van der Waals surface area contributed by atoms with Crippen molar-refractivity contribution >= 4 is 101 Å². The van der Waals surface area contributed by atoms with E-state index in [2.05, 4.69) is 253 Å². The standard InChI is InChI=1S/C62H41NS2Si2/c1-6-20-44(21-7-1)63-53-40-55(42-34-36-51-49-30-16-18-32-57(49)66(59(51)38-42,45-22-8-2-9-23-45)46-24-10-3-11-25-46)64-61(53)62-54(63)41-56(65-62)43-35-37-52-50-31-17-19-33-58(50)67(60(52)39-43,47-26-12-4-13-27-47)48-28-14-5-15-29-48/h1-41H/q-2. The van der Waals surface area contributed by atoms with Gasteiger partial charge in [0.15, 0.2) is 0 Å². The number of hydrogen-bond acceptors (Lipinski definition) is 2. The van der Waals surface area contributed by atoms with Gasteiger partial charge in [-0.2, -0.15) is 41.5 Å². The van der Waals surface area contributed by atoms with Crippen LogP contribution in [0.25, 0.3) is 69.3 Å². The van der Waals surface area contributed by atoms with Crippen molar-refractivity contribution in [2.45, 2.75) is 0 Å². The fraction of sp³-hybridized carbons (Fsp3) is 0. The molecular weight excluding hydrogens is 879 g/mol. The SMILES string of the molecule is c1ccc(-n2c3cc(-c4ccc5c(c4)[Si-](c4ccccc4)(c4ccccc4)c4ccccc4-5)sc3c3sc(-c4ccc5c(c4)[Si-](c4ccccc4)(c4ccccc4)c4ccccc4-5)cc32)cc1. The lowest BCUT2D eigenvalue weighted by molar-refractivity contribution is 1.19. The van der Waals surface area contributed by atoms with Crippen LogP contribution < -0.4 is 41.5 Å². The van der Waals surface area contributed by atoms with Crippen molar-refractivity contribution in [2.24, 2.45) is 0 Å². The van der Waals surface area contributed by atoms with Crippen molar-refractivity contribution in [3.63, 3.8) is 0 Å². The molecule has 0 N–H and O–H groups in total. The third-order valence-corrected chi connectivity index (χ3v) is 26.9. The van der Waals surface area contributed by atoms with E-state index in [9.17, 15) is 0 Å². The fourth-order valence-electron chi connectivity index (χ4n) is 11.9. The Balaban J connectivity index is 0.965. The Morgan fingerprint density at radius 3 is 1.00 bits per heavy atom. The van der Waals surface area contributed by atoms with Gasteiger partial charge in [0.05, 0.1) is 20.4 Å². The number of benzene rings is 9. The number of fused-ring (bicyclic) bond motifs is 9. The number of aromatic nitrogens is 1. The second kappa shape index (κ2) is 15.1. The van der Waals surface area contributed by atoms with E-state index in [1.54, 1.807) is 0 Å². The molecule has 5 heteroatoms. The first kappa shape index (κ1) is 38.8. The Morgan fingerprint density at radius 2 is 0.612 bits per heavy atom. The van der Waals surface area contributed by atoms with Crippen LogP contribution in [0.5, 0.6) is 0 Å². The molecule has 316 valence electrons. The molecule has 0 radical (unpaired) electrons. The highest BCUT2D eigenvalue weighted by atomic mass is 32.1. The first-order chi connectivity index (χ1) is 33.2. The number of thiophene rings is 2. The maximum Gasteiger partial charge on any atom is 0.0711 e. The molecule has 3 aromatic heterocycles. The van der Waals surface area contributed by atoms with Crippen LogP contribution in [0.2, 0.25) is 0 Å². The second-order valence-corrected chi connectivity index (χ2v) is 27.5. The predicted molar refractivity (Wildman–Crippen MR) is 293 cm³/mol. The van der Waals surface area contributed by atoms with E-state index in [1.165, 1.54) is 111 Å². The van der Waals surface area contributed by atoms with Gasteiger partial charge < -0.3 is 4.57 Å². The van der Waals surface area contributed by atoms with Crippen molar-refractivity contribution in [3.05, 3.63) is 249 Å². The fourth-order valence-corrected chi connectivity index (χ4v) is 24.7. The molecule has 0 saturated heterocycles. The van der Waals surface area contributed by atoms with Crippen LogP contribution in [-0.4, -0.2) is 20.7 Å². The monoisotopic (exact) mass is 919 g/mol. The maximum atomic E-state index is 2.56. The van der Waals surface area contributed by atoms with Crippen molar-refractivity contribution in [1.29, 1.82) is 0 Å². The Bertz CT molecular complexity index is 3540. The molecule has 0 fully saturated rings. The number of hydrogen-bond donors (Lipinski definition) is 0. The molecule has 12 aromatic rings. The van der Waals surface area contributed by atoms with Crippen molar-refractivity contribution in [2.75, 3.05) is 0 Å². The summed E-state index contributed by atoms with van der Waals surface area (Å²) in [5, 5.41) is 11.6.